The third-order valence-corrected chi connectivity index (χ3v) is 3.21. The van der Waals surface area contributed by atoms with Crippen LogP contribution in [-0.2, 0) is 11.3 Å². The second-order valence-electron chi connectivity index (χ2n) is 4.87. The van der Waals surface area contributed by atoms with E-state index < -0.39 is 0 Å². The maximum absolute atomic E-state index is 12.1. The zero-order valence-electron chi connectivity index (χ0n) is 11.1. The quantitative estimate of drug-likeness (QED) is 0.723. The summed E-state index contributed by atoms with van der Waals surface area (Å²) in [5, 5.41) is 5.66. The summed E-state index contributed by atoms with van der Waals surface area (Å²) in [6.07, 6.45) is 4.03. The summed E-state index contributed by atoms with van der Waals surface area (Å²) in [5.74, 6) is -0.0934. The Balaban J connectivity index is 1.94. The topological polar surface area (TPSA) is 89.2 Å². The van der Waals surface area contributed by atoms with E-state index in [2.05, 4.69) is 10.6 Å². The Kier molecular flexibility index (Phi) is 4.09. The molecule has 2 heterocycles. The van der Waals surface area contributed by atoms with E-state index in [0.717, 1.165) is 19.4 Å². The van der Waals surface area contributed by atoms with Gasteiger partial charge >= 0.3 is 0 Å². The van der Waals surface area contributed by atoms with Gasteiger partial charge in [0.25, 0.3) is 5.91 Å². The monoisotopic (exact) mass is 264 g/mol. The van der Waals surface area contributed by atoms with Crippen molar-refractivity contribution in [1.29, 1.82) is 0 Å². The van der Waals surface area contributed by atoms with E-state index in [0.29, 0.717) is 24.3 Å². The molecule has 0 saturated carbocycles. The van der Waals surface area contributed by atoms with E-state index >= 15 is 0 Å². The Hall–Kier alpha value is -1.98. The summed E-state index contributed by atoms with van der Waals surface area (Å²) in [6.45, 7) is 3.27. The van der Waals surface area contributed by atoms with Crippen LogP contribution >= 0.6 is 0 Å². The second kappa shape index (κ2) is 5.77. The maximum Gasteiger partial charge on any atom is 0.268 e. The number of carbonyl (C=O) groups excluding carboxylic acids is 2. The molecule has 1 aliphatic heterocycles. The van der Waals surface area contributed by atoms with Gasteiger partial charge in [-0.1, -0.05) is 6.92 Å². The van der Waals surface area contributed by atoms with Gasteiger partial charge in [0, 0.05) is 31.7 Å². The van der Waals surface area contributed by atoms with Gasteiger partial charge in [0.1, 0.15) is 5.69 Å². The largest absolute Gasteiger partial charge is 0.397 e. The first-order valence-corrected chi connectivity index (χ1v) is 6.63. The van der Waals surface area contributed by atoms with Crippen LogP contribution in [0.1, 0.15) is 36.7 Å². The lowest BCUT2D eigenvalue weighted by Gasteiger charge is -2.12. The summed E-state index contributed by atoms with van der Waals surface area (Å²) in [4.78, 5) is 23.2. The van der Waals surface area contributed by atoms with Crippen LogP contribution in [0.25, 0.3) is 0 Å². The fourth-order valence-corrected chi connectivity index (χ4v) is 2.29. The van der Waals surface area contributed by atoms with Crippen molar-refractivity contribution >= 4 is 17.5 Å². The van der Waals surface area contributed by atoms with Gasteiger partial charge in [-0.3, -0.25) is 9.59 Å². The number of anilines is 1. The minimum atomic E-state index is -0.147. The molecule has 104 valence electrons. The lowest BCUT2D eigenvalue weighted by atomic mass is 10.2. The first-order valence-electron chi connectivity index (χ1n) is 6.63. The van der Waals surface area contributed by atoms with Crippen LogP contribution in [0, 0.1) is 0 Å². The van der Waals surface area contributed by atoms with Gasteiger partial charge < -0.3 is 20.9 Å². The van der Waals surface area contributed by atoms with Crippen molar-refractivity contribution in [3.05, 3.63) is 18.0 Å². The van der Waals surface area contributed by atoms with Crippen LogP contribution in [0.4, 0.5) is 5.69 Å². The number of nitrogen functional groups attached to an aromatic ring is 1. The predicted molar refractivity (Wildman–Crippen MR) is 72.6 cm³/mol. The van der Waals surface area contributed by atoms with Gasteiger partial charge in [-0.05, 0) is 18.9 Å². The molecule has 6 heteroatoms. The van der Waals surface area contributed by atoms with Gasteiger partial charge in [-0.2, -0.15) is 0 Å². The van der Waals surface area contributed by atoms with Crippen LogP contribution in [0.5, 0.6) is 0 Å². The molecule has 1 atom stereocenters. The molecule has 1 aromatic rings. The summed E-state index contributed by atoms with van der Waals surface area (Å²) in [6, 6.07) is 1.72. The fraction of sp³-hybridized carbons (Fsp3) is 0.538. The van der Waals surface area contributed by atoms with Crippen molar-refractivity contribution < 1.29 is 9.59 Å². The average molecular weight is 264 g/mol. The van der Waals surface area contributed by atoms with E-state index in [1.165, 1.54) is 0 Å². The zero-order valence-corrected chi connectivity index (χ0v) is 11.1. The Morgan fingerprint density at radius 2 is 2.42 bits per heavy atom. The van der Waals surface area contributed by atoms with Crippen molar-refractivity contribution in [2.45, 2.75) is 38.8 Å². The Morgan fingerprint density at radius 1 is 1.63 bits per heavy atom. The van der Waals surface area contributed by atoms with Crippen LogP contribution in [-0.4, -0.2) is 29.0 Å². The molecule has 1 saturated heterocycles. The third-order valence-electron chi connectivity index (χ3n) is 3.21. The molecule has 1 fully saturated rings. The van der Waals surface area contributed by atoms with Crippen molar-refractivity contribution in [2.24, 2.45) is 0 Å². The summed E-state index contributed by atoms with van der Waals surface area (Å²) in [7, 11) is 0. The van der Waals surface area contributed by atoms with Crippen LogP contribution in [0.3, 0.4) is 0 Å². The number of aryl methyl sites for hydroxylation is 1. The first-order chi connectivity index (χ1) is 9.10. The lowest BCUT2D eigenvalue weighted by molar-refractivity contribution is -0.119. The fourth-order valence-electron chi connectivity index (χ4n) is 2.29. The number of amides is 2. The van der Waals surface area contributed by atoms with Gasteiger partial charge in [0.05, 0.1) is 5.69 Å². The number of carbonyl (C=O) groups is 2. The highest BCUT2D eigenvalue weighted by Gasteiger charge is 2.21. The van der Waals surface area contributed by atoms with Crippen molar-refractivity contribution in [2.75, 3.05) is 12.3 Å². The molecule has 0 bridgehead atoms. The third kappa shape index (κ3) is 3.27. The highest BCUT2D eigenvalue weighted by Crippen LogP contribution is 2.12. The number of hydrogen-bond acceptors (Lipinski definition) is 3. The Bertz CT molecular complexity index is 481. The van der Waals surface area contributed by atoms with E-state index in [-0.39, 0.29) is 17.9 Å². The van der Waals surface area contributed by atoms with E-state index in [4.69, 9.17) is 5.73 Å². The molecule has 0 radical (unpaired) electrons. The van der Waals surface area contributed by atoms with Crippen molar-refractivity contribution in [3.8, 4) is 0 Å². The molecule has 1 aromatic heterocycles. The molecule has 2 rings (SSSR count). The number of nitrogens with one attached hydrogen (secondary N) is 2. The van der Waals surface area contributed by atoms with Gasteiger partial charge in [-0.15, -0.1) is 0 Å². The Labute approximate surface area is 112 Å². The lowest BCUT2D eigenvalue weighted by Crippen LogP contribution is -2.38. The highest BCUT2D eigenvalue weighted by atomic mass is 16.2. The smallest absolute Gasteiger partial charge is 0.268 e. The average Bonchev–Trinajstić information content (AvgIpc) is 2.93. The number of rotatable bonds is 5. The van der Waals surface area contributed by atoms with Gasteiger partial charge in [0.2, 0.25) is 5.91 Å². The molecular formula is C13H20N4O2. The molecule has 6 nitrogen and oxygen atoms in total. The number of aromatic nitrogens is 1. The first kappa shape index (κ1) is 13.5. The molecule has 4 N–H and O–H groups in total. The molecule has 0 aliphatic carbocycles. The van der Waals surface area contributed by atoms with Crippen molar-refractivity contribution in [3.63, 3.8) is 0 Å². The normalized spacial score (nSPS) is 18.4. The SMILES string of the molecule is CCCn1cc(N)cc1C(=O)NCC1CCC(=O)N1. The van der Waals surface area contributed by atoms with Crippen LogP contribution in [0.2, 0.25) is 0 Å². The summed E-state index contributed by atoms with van der Waals surface area (Å²) in [5.41, 5.74) is 6.89. The molecule has 2 amide bonds. The minimum absolute atomic E-state index is 0.0448. The predicted octanol–water partition coefficient (Wildman–Crippen LogP) is 0.489. The molecule has 1 unspecified atom stereocenters. The summed E-state index contributed by atoms with van der Waals surface area (Å²) < 4.78 is 1.86. The summed E-state index contributed by atoms with van der Waals surface area (Å²) >= 11 is 0. The minimum Gasteiger partial charge on any atom is -0.397 e. The molecule has 1 aliphatic rings. The van der Waals surface area contributed by atoms with Gasteiger partial charge in [-0.25, -0.2) is 0 Å². The maximum atomic E-state index is 12.1. The van der Waals surface area contributed by atoms with Crippen LogP contribution < -0.4 is 16.4 Å². The Morgan fingerprint density at radius 3 is 3.05 bits per heavy atom. The van der Waals surface area contributed by atoms with Crippen molar-refractivity contribution in [1.82, 2.24) is 15.2 Å². The van der Waals surface area contributed by atoms with E-state index in [1.807, 2.05) is 11.5 Å². The molecule has 19 heavy (non-hydrogen) atoms. The number of hydrogen-bond donors (Lipinski definition) is 3. The molecular weight excluding hydrogens is 244 g/mol. The number of nitrogens with two attached hydrogens (primary N) is 1. The zero-order chi connectivity index (χ0) is 13.8. The standard InChI is InChI=1S/C13H20N4O2/c1-2-5-17-8-9(14)6-11(17)13(19)15-7-10-3-4-12(18)16-10/h6,8,10H,2-5,7,14H2,1H3,(H,15,19)(H,16,18). The molecule has 0 aromatic carbocycles. The van der Waals surface area contributed by atoms with E-state index in [1.54, 1.807) is 12.3 Å². The second-order valence-corrected chi connectivity index (χ2v) is 4.87. The highest BCUT2D eigenvalue weighted by molar-refractivity contribution is 5.93. The number of nitrogens with zero attached hydrogens (tertiary/aromatic N) is 1. The molecule has 0 spiro atoms. The van der Waals surface area contributed by atoms with Gasteiger partial charge in [0.15, 0.2) is 0 Å². The van der Waals surface area contributed by atoms with E-state index in [9.17, 15) is 9.59 Å². The van der Waals surface area contributed by atoms with Crippen LogP contribution in [0.15, 0.2) is 12.3 Å².